The topological polar surface area (TPSA) is 103 Å². The second-order valence-corrected chi connectivity index (χ2v) is 7.37. The molecule has 0 aliphatic heterocycles. The van der Waals surface area contributed by atoms with Crippen molar-refractivity contribution in [3.05, 3.63) is 57.2 Å². The largest absolute Gasteiger partial charge is 0.464 e. The number of fused-ring (bicyclic) bond motifs is 1. The van der Waals surface area contributed by atoms with E-state index in [2.05, 4.69) is 15.3 Å². The van der Waals surface area contributed by atoms with E-state index in [4.69, 9.17) is 4.74 Å². The number of aromatic nitrogens is 3. The summed E-state index contributed by atoms with van der Waals surface area (Å²) in [5, 5.41) is 3.27. The van der Waals surface area contributed by atoms with E-state index < -0.39 is 5.97 Å². The molecule has 8 nitrogen and oxygen atoms in total. The first-order chi connectivity index (χ1) is 13.5. The predicted molar refractivity (Wildman–Crippen MR) is 106 cm³/mol. The Morgan fingerprint density at radius 3 is 2.75 bits per heavy atom. The fourth-order valence-electron chi connectivity index (χ4n) is 2.65. The van der Waals surface area contributed by atoms with Crippen LogP contribution >= 0.6 is 11.3 Å². The normalized spacial score (nSPS) is 10.8. The van der Waals surface area contributed by atoms with Gasteiger partial charge in [0.15, 0.2) is 0 Å². The average Bonchev–Trinajstić information content (AvgIpc) is 2.99. The highest BCUT2D eigenvalue weighted by molar-refractivity contribution is 7.18. The molecule has 0 spiro atoms. The molecule has 0 saturated carbocycles. The third kappa shape index (κ3) is 4.42. The molecule has 0 aliphatic rings. The number of hydrogen-bond donors (Lipinski definition) is 1. The minimum absolute atomic E-state index is 0.0492. The van der Waals surface area contributed by atoms with Crippen LogP contribution in [0, 0.1) is 13.8 Å². The maximum absolute atomic E-state index is 12.6. The van der Waals surface area contributed by atoms with Crippen molar-refractivity contribution in [1.29, 1.82) is 0 Å². The molecule has 1 amide bonds. The molecule has 0 bridgehead atoms. The van der Waals surface area contributed by atoms with Crippen molar-refractivity contribution in [3.8, 4) is 0 Å². The number of carbonyl (C=O) groups excluding carboxylic acids is 2. The van der Waals surface area contributed by atoms with Gasteiger partial charge in [0.25, 0.3) is 11.5 Å². The van der Waals surface area contributed by atoms with E-state index in [1.807, 2.05) is 13.8 Å². The van der Waals surface area contributed by atoms with Gasteiger partial charge in [0.2, 0.25) is 0 Å². The summed E-state index contributed by atoms with van der Waals surface area (Å²) in [5.74, 6) is -0.700. The quantitative estimate of drug-likeness (QED) is 0.479. The van der Waals surface area contributed by atoms with E-state index in [-0.39, 0.29) is 37.6 Å². The minimum Gasteiger partial charge on any atom is -0.464 e. The molecule has 3 heterocycles. The Kier molecular flexibility index (Phi) is 6.15. The molecule has 0 aromatic carbocycles. The van der Waals surface area contributed by atoms with Gasteiger partial charge in [-0.3, -0.25) is 23.9 Å². The summed E-state index contributed by atoms with van der Waals surface area (Å²) in [6.07, 6.45) is 4.57. The molecule has 0 unspecified atom stereocenters. The Bertz CT molecular complexity index is 1060. The Labute approximate surface area is 165 Å². The Balaban J connectivity index is 1.46. The summed E-state index contributed by atoms with van der Waals surface area (Å²) in [5.41, 5.74) is 1.27. The summed E-state index contributed by atoms with van der Waals surface area (Å²) in [7, 11) is 0. The van der Waals surface area contributed by atoms with Gasteiger partial charge in [0.05, 0.1) is 24.7 Å². The monoisotopic (exact) mass is 400 g/mol. The van der Waals surface area contributed by atoms with Crippen LogP contribution < -0.4 is 10.9 Å². The van der Waals surface area contributed by atoms with Gasteiger partial charge in [0, 0.05) is 29.4 Å². The van der Waals surface area contributed by atoms with E-state index in [1.54, 1.807) is 12.1 Å². The SMILES string of the molecule is Cc1sc2ncn(CCC(=O)OCCNC(=O)c3ccncc3)c(=O)c2c1C. The average molecular weight is 400 g/mol. The van der Waals surface area contributed by atoms with Crippen LogP contribution in [0.25, 0.3) is 10.2 Å². The fraction of sp³-hybridized carbons (Fsp3) is 0.316. The lowest BCUT2D eigenvalue weighted by molar-refractivity contribution is -0.143. The van der Waals surface area contributed by atoms with E-state index in [1.165, 1.54) is 34.6 Å². The Morgan fingerprint density at radius 2 is 2.00 bits per heavy atom. The van der Waals surface area contributed by atoms with Crippen molar-refractivity contribution in [2.75, 3.05) is 13.2 Å². The van der Waals surface area contributed by atoms with Crippen molar-refractivity contribution in [1.82, 2.24) is 19.9 Å². The number of nitrogens with one attached hydrogen (secondary N) is 1. The lowest BCUT2D eigenvalue weighted by Gasteiger charge is -2.08. The van der Waals surface area contributed by atoms with Crippen LogP contribution in [-0.4, -0.2) is 39.6 Å². The summed E-state index contributed by atoms with van der Waals surface area (Å²) in [6.45, 7) is 4.31. The number of thiophene rings is 1. The van der Waals surface area contributed by atoms with Crippen molar-refractivity contribution >= 4 is 33.4 Å². The number of hydrogen-bond acceptors (Lipinski definition) is 7. The molecule has 0 radical (unpaired) electrons. The molecule has 1 N–H and O–H groups in total. The molecule has 3 aromatic rings. The second-order valence-electron chi connectivity index (χ2n) is 6.17. The Morgan fingerprint density at radius 1 is 1.25 bits per heavy atom. The van der Waals surface area contributed by atoms with Gasteiger partial charge in [-0.15, -0.1) is 11.3 Å². The molecule has 0 atom stereocenters. The number of aryl methyl sites for hydroxylation is 3. The third-order valence-corrected chi connectivity index (χ3v) is 5.42. The highest BCUT2D eigenvalue weighted by atomic mass is 32.1. The third-order valence-electron chi connectivity index (χ3n) is 4.31. The number of pyridine rings is 1. The van der Waals surface area contributed by atoms with Crippen LogP contribution in [0.1, 0.15) is 27.2 Å². The fourth-order valence-corrected chi connectivity index (χ4v) is 3.64. The van der Waals surface area contributed by atoms with Gasteiger partial charge < -0.3 is 10.1 Å². The highest BCUT2D eigenvalue weighted by Crippen LogP contribution is 2.25. The number of ether oxygens (including phenoxy) is 1. The van der Waals surface area contributed by atoms with Crippen LogP contribution in [0.15, 0.2) is 35.6 Å². The maximum atomic E-state index is 12.6. The summed E-state index contributed by atoms with van der Waals surface area (Å²) < 4.78 is 6.53. The van der Waals surface area contributed by atoms with Crippen LogP contribution in [0.2, 0.25) is 0 Å². The molecule has 28 heavy (non-hydrogen) atoms. The molecule has 0 saturated heterocycles. The smallest absolute Gasteiger partial charge is 0.307 e. The number of rotatable bonds is 7. The lowest BCUT2D eigenvalue weighted by Crippen LogP contribution is -2.28. The summed E-state index contributed by atoms with van der Waals surface area (Å²) in [4.78, 5) is 46.2. The molecule has 9 heteroatoms. The molecule has 0 fully saturated rings. The highest BCUT2D eigenvalue weighted by Gasteiger charge is 2.13. The number of nitrogens with zero attached hydrogens (tertiary/aromatic N) is 3. The zero-order valence-electron chi connectivity index (χ0n) is 15.6. The van der Waals surface area contributed by atoms with E-state index in [0.29, 0.717) is 15.8 Å². The van der Waals surface area contributed by atoms with Crippen molar-refractivity contribution in [3.63, 3.8) is 0 Å². The van der Waals surface area contributed by atoms with Crippen LogP contribution in [-0.2, 0) is 16.1 Å². The first kappa shape index (κ1) is 19.7. The Hall–Kier alpha value is -3.07. The van der Waals surface area contributed by atoms with E-state index in [0.717, 1.165) is 10.4 Å². The lowest BCUT2D eigenvalue weighted by atomic mass is 10.2. The number of esters is 1. The van der Waals surface area contributed by atoms with Crippen LogP contribution in [0.5, 0.6) is 0 Å². The van der Waals surface area contributed by atoms with Gasteiger partial charge in [-0.05, 0) is 31.5 Å². The maximum Gasteiger partial charge on any atom is 0.307 e. The molecule has 0 aliphatic carbocycles. The molecular formula is C19H20N4O4S. The van der Waals surface area contributed by atoms with Crippen molar-refractivity contribution < 1.29 is 14.3 Å². The molecule has 3 aromatic heterocycles. The summed E-state index contributed by atoms with van der Waals surface area (Å²) >= 11 is 1.49. The van der Waals surface area contributed by atoms with Crippen LogP contribution in [0.4, 0.5) is 0 Å². The first-order valence-electron chi connectivity index (χ1n) is 8.76. The first-order valence-corrected chi connectivity index (χ1v) is 9.58. The van der Waals surface area contributed by atoms with Gasteiger partial charge in [-0.2, -0.15) is 0 Å². The van der Waals surface area contributed by atoms with E-state index in [9.17, 15) is 14.4 Å². The summed E-state index contributed by atoms with van der Waals surface area (Å²) in [6, 6.07) is 3.20. The van der Waals surface area contributed by atoms with Gasteiger partial charge in [-0.1, -0.05) is 0 Å². The van der Waals surface area contributed by atoms with Gasteiger partial charge in [0.1, 0.15) is 11.4 Å². The van der Waals surface area contributed by atoms with Gasteiger partial charge >= 0.3 is 5.97 Å². The zero-order valence-corrected chi connectivity index (χ0v) is 16.4. The number of amides is 1. The van der Waals surface area contributed by atoms with Crippen LogP contribution in [0.3, 0.4) is 0 Å². The van der Waals surface area contributed by atoms with Crippen molar-refractivity contribution in [2.24, 2.45) is 0 Å². The zero-order chi connectivity index (χ0) is 20.1. The second kappa shape index (κ2) is 8.75. The van der Waals surface area contributed by atoms with E-state index >= 15 is 0 Å². The molecular weight excluding hydrogens is 380 g/mol. The molecule has 146 valence electrons. The number of carbonyl (C=O) groups is 2. The van der Waals surface area contributed by atoms with Gasteiger partial charge in [-0.25, -0.2) is 4.98 Å². The van der Waals surface area contributed by atoms with Crippen molar-refractivity contribution in [2.45, 2.75) is 26.8 Å². The molecule has 3 rings (SSSR count). The minimum atomic E-state index is -0.441. The standard InChI is InChI=1S/C19H20N4O4S/c1-12-13(2)28-18-16(12)19(26)23(11-22-18)9-5-15(24)27-10-8-21-17(25)14-3-6-20-7-4-14/h3-4,6-7,11H,5,8-10H2,1-2H3,(H,21,25). The predicted octanol–water partition coefficient (Wildman–Crippen LogP) is 1.83.